The number of hydrogen-bond acceptors (Lipinski definition) is 3. The predicted octanol–water partition coefficient (Wildman–Crippen LogP) is 5.64. The first-order valence-electron chi connectivity index (χ1n) is 10.5. The van der Waals surface area contributed by atoms with Crippen LogP contribution in [0.1, 0.15) is 36.5 Å². The van der Waals surface area contributed by atoms with Gasteiger partial charge in [-0.3, -0.25) is 14.9 Å². The Morgan fingerprint density at radius 2 is 1.13 bits per heavy atom. The molecule has 0 radical (unpaired) electrons. The van der Waals surface area contributed by atoms with E-state index in [1.165, 1.54) is 0 Å². The molecule has 1 fully saturated rings. The van der Waals surface area contributed by atoms with Crippen molar-refractivity contribution >= 4 is 16.9 Å². The maximum atomic E-state index is 14.1. The highest BCUT2D eigenvalue weighted by atomic mass is 16.6. The van der Waals surface area contributed by atoms with Gasteiger partial charge in [0.1, 0.15) is 5.41 Å². The minimum atomic E-state index is -1.22. The van der Waals surface area contributed by atoms with Crippen LogP contribution in [0.2, 0.25) is 0 Å². The van der Waals surface area contributed by atoms with Gasteiger partial charge in [0.2, 0.25) is 6.04 Å². The summed E-state index contributed by atoms with van der Waals surface area (Å²) in [5.74, 6) is -0.600. The molecule has 0 aromatic heterocycles. The number of carbonyl (C=O) groups is 1. The fraction of sp³-hybridized carbons (Fsp3) is 0.222. The summed E-state index contributed by atoms with van der Waals surface area (Å²) in [5.41, 5.74) is 2.15. The van der Waals surface area contributed by atoms with E-state index in [0.717, 1.165) is 27.8 Å². The summed E-state index contributed by atoms with van der Waals surface area (Å²) in [6.07, 6.45) is 0. The summed E-state index contributed by atoms with van der Waals surface area (Å²) in [6.45, 7) is 3.69. The van der Waals surface area contributed by atoms with Crippen LogP contribution in [0.15, 0.2) is 91.0 Å². The highest BCUT2D eigenvalue weighted by Gasteiger charge is 2.77. The molecular formula is C27H23NO3. The first-order chi connectivity index (χ1) is 14.9. The van der Waals surface area contributed by atoms with E-state index >= 15 is 0 Å². The molecule has 0 aliphatic heterocycles. The van der Waals surface area contributed by atoms with E-state index in [4.69, 9.17) is 0 Å². The van der Waals surface area contributed by atoms with Gasteiger partial charge >= 0.3 is 0 Å². The number of fused-ring (bicyclic) bond motifs is 2. The first-order valence-corrected chi connectivity index (χ1v) is 10.5. The average Bonchev–Trinajstić information content (AvgIpc) is 3.09. The van der Waals surface area contributed by atoms with E-state index in [9.17, 15) is 14.9 Å². The zero-order chi connectivity index (χ0) is 21.8. The Hall–Kier alpha value is -3.53. The summed E-state index contributed by atoms with van der Waals surface area (Å²) in [5, 5.41) is 12.5. The second kappa shape index (κ2) is 6.74. The lowest BCUT2D eigenvalue weighted by Gasteiger charge is -2.37. The largest absolute Gasteiger partial charge is 0.297 e. The normalized spacial score (nSPS) is 29.4. The Morgan fingerprint density at radius 3 is 1.58 bits per heavy atom. The van der Waals surface area contributed by atoms with Gasteiger partial charge in [-0.1, -0.05) is 91.0 Å². The zero-order valence-electron chi connectivity index (χ0n) is 17.5. The number of rotatable bonds is 4. The van der Waals surface area contributed by atoms with Gasteiger partial charge in [0.25, 0.3) is 0 Å². The molecule has 4 heteroatoms. The van der Waals surface area contributed by atoms with Crippen LogP contribution >= 0.6 is 0 Å². The molecule has 31 heavy (non-hydrogen) atoms. The van der Waals surface area contributed by atoms with Gasteiger partial charge in [0, 0.05) is 4.92 Å². The summed E-state index contributed by atoms with van der Waals surface area (Å²) >= 11 is 0. The second-order valence-corrected chi connectivity index (χ2v) is 8.83. The number of Topliss-reactive ketones (excluding diaryl/α,β-unsaturated/α-hetero) is 1. The molecule has 0 unspecified atom stereocenters. The number of nitrogens with zero attached hydrogens (tertiary/aromatic N) is 1. The van der Waals surface area contributed by atoms with E-state index in [-0.39, 0.29) is 10.7 Å². The third-order valence-electron chi connectivity index (χ3n) is 7.27. The van der Waals surface area contributed by atoms with Gasteiger partial charge in [-0.2, -0.15) is 0 Å². The lowest BCUT2D eigenvalue weighted by Crippen LogP contribution is -2.42. The molecule has 2 bridgehead atoms. The monoisotopic (exact) mass is 409 g/mol. The summed E-state index contributed by atoms with van der Waals surface area (Å²) < 4.78 is 0. The Balaban J connectivity index is 1.90. The maximum Gasteiger partial charge on any atom is 0.237 e. The van der Waals surface area contributed by atoms with Crippen molar-refractivity contribution in [1.82, 2.24) is 0 Å². The van der Waals surface area contributed by atoms with Gasteiger partial charge < -0.3 is 0 Å². The lowest BCUT2D eigenvalue weighted by molar-refractivity contribution is -0.536. The molecule has 3 aromatic carbocycles. The maximum absolute atomic E-state index is 14.1. The quantitative estimate of drug-likeness (QED) is 0.414. The van der Waals surface area contributed by atoms with Crippen molar-refractivity contribution in [2.45, 2.75) is 25.8 Å². The van der Waals surface area contributed by atoms with Crippen molar-refractivity contribution in [2.75, 3.05) is 0 Å². The highest BCUT2D eigenvalue weighted by Crippen LogP contribution is 2.72. The van der Waals surface area contributed by atoms with Crippen LogP contribution < -0.4 is 0 Å². The lowest BCUT2D eigenvalue weighted by atomic mass is 9.63. The molecule has 1 saturated carbocycles. The zero-order valence-corrected chi connectivity index (χ0v) is 17.5. The van der Waals surface area contributed by atoms with Crippen LogP contribution in [0.25, 0.3) is 11.1 Å². The third kappa shape index (κ3) is 2.45. The number of hydrogen-bond donors (Lipinski definition) is 0. The molecule has 2 aliphatic carbocycles. The van der Waals surface area contributed by atoms with E-state index in [0.29, 0.717) is 0 Å². The summed E-state index contributed by atoms with van der Waals surface area (Å²) in [7, 11) is 0. The minimum absolute atomic E-state index is 0.0618. The molecule has 3 aromatic rings. The number of carbonyl (C=O) groups excluding carboxylic acids is 1. The number of nitro groups is 1. The van der Waals surface area contributed by atoms with E-state index in [1.807, 2.05) is 97.9 Å². The van der Waals surface area contributed by atoms with Gasteiger partial charge in [0.05, 0.1) is 11.3 Å². The molecule has 0 saturated heterocycles. The van der Waals surface area contributed by atoms with Crippen molar-refractivity contribution < 1.29 is 9.72 Å². The van der Waals surface area contributed by atoms with Gasteiger partial charge in [-0.15, -0.1) is 0 Å². The van der Waals surface area contributed by atoms with Gasteiger partial charge in [-0.25, -0.2) is 0 Å². The fourth-order valence-corrected chi connectivity index (χ4v) is 6.12. The van der Waals surface area contributed by atoms with Crippen molar-refractivity contribution in [3.63, 3.8) is 0 Å². The SMILES string of the molecule is C[C@]12C(=O)[C@@](C)(C(c3ccccc3)=C1c1ccccc1)[C@@H](c1ccccc1)[C@@H]2[N+](=O)[O-]. The minimum Gasteiger partial charge on any atom is -0.297 e. The Kier molecular flexibility index (Phi) is 4.23. The van der Waals surface area contributed by atoms with Crippen molar-refractivity contribution in [1.29, 1.82) is 0 Å². The second-order valence-electron chi connectivity index (χ2n) is 8.83. The van der Waals surface area contributed by atoms with Crippen molar-refractivity contribution in [3.8, 4) is 0 Å². The van der Waals surface area contributed by atoms with Crippen LogP contribution in [-0.2, 0) is 4.79 Å². The smallest absolute Gasteiger partial charge is 0.237 e. The van der Waals surface area contributed by atoms with Crippen LogP contribution in [-0.4, -0.2) is 16.7 Å². The standard InChI is InChI=1S/C27H23NO3/c1-26-21(18-12-6-3-7-13-18)22(19-14-8-4-9-15-19)27(2,25(26)29)24(28(30)31)23(26)20-16-10-5-11-17-20/h3-17,23-24H,1-2H3/t23-,24-,26-,27-/m0/s1. The molecule has 0 N–H and O–H groups in total. The van der Waals surface area contributed by atoms with E-state index in [1.54, 1.807) is 6.92 Å². The third-order valence-corrected chi connectivity index (χ3v) is 7.27. The Bertz CT molecular complexity index is 1200. The number of ketones is 1. The number of benzene rings is 3. The van der Waals surface area contributed by atoms with Crippen LogP contribution in [0.5, 0.6) is 0 Å². The molecular weight excluding hydrogens is 386 g/mol. The molecule has 0 amide bonds. The Labute approximate surface area is 181 Å². The number of allylic oxidation sites excluding steroid dienone is 1. The molecule has 2 aliphatic rings. The highest BCUT2D eigenvalue weighted by molar-refractivity contribution is 6.23. The van der Waals surface area contributed by atoms with Crippen molar-refractivity contribution in [3.05, 3.63) is 118 Å². The molecule has 0 spiro atoms. The average molecular weight is 409 g/mol. The molecule has 4 nitrogen and oxygen atoms in total. The fourth-order valence-electron chi connectivity index (χ4n) is 6.12. The van der Waals surface area contributed by atoms with Crippen LogP contribution in [0.4, 0.5) is 0 Å². The molecule has 154 valence electrons. The van der Waals surface area contributed by atoms with Crippen LogP contribution in [0, 0.1) is 20.9 Å². The summed E-state index contributed by atoms with van der Waals surface area (Å²) in [4.78, 5) is 26.4. The van der Waals surface area contributed by atoms with Gasteiger partial charge in [0.15, 0.2) is 5.78 Å². The van der Waals surface area contributed by atoms with E-state index < -0.39 is 22.8 Å². The molecule has 4 atom stereocenters. The molecule has 5 rings (SSSR count). The molecule has 0 heterocycles. The predicted molar refractivity (Wildman–Crippen MR) is 121 cm³/mol. The summed E-state index contributed by atoms with van der Waals surface area (Å²) in [6, 6.07) is 28.0. The first kappa shape index (κ1) is 19.4. The Morgan fingerprint density at radius 1 is 0.710 bits per heavy atom. The van der Waals surface area contributed by atoms with E-state index in [2.05, 4.69) is 0 Å². The van der Waals surface area contributed by atoms with Crippen molar-refractivity contribution in [2.24, 2.45) is 10.8 Å². The van der Waals surface area contributed by atoms with Crippen LogP contribution in [0.3, 0.4) is 0 Å². The topological polar surface area (TPSA) is 60.2 Å². The van der Waals surface area contributed by atoms with Gasteiger partial charge in [-0.05, 0) is 41.7 Å².